The normalized spacial score (nSPS) is 18.9. The zero-order valence-corrected chi connectivity index (χ0v) is 27.0. The molecule has 1 fully saturated rings. The van der Waals surface area contributed by atoms with Crippen LogP contribution in [0.15, 0.2) is 61.1 Å². The van der Waals surface area contributed by atoms with E-state index in [-0.39, 0.29) is 36.7 Å². The number of aryl methyl sites for hydroxylation is 1. The number of benzene rings is 2. The van der Waals surface area contributed by atoms with E-state index in [2.05, 4.69) is 36.4 Å². The average Bonchev–Trinajstić information content (AvgIpc) is 3.76. The molecule has 8 N–H and O–H groups in total. The first kappa shape index (κ1) is 33.7. The van der Waals surface area contributed by atoms with Crippen LogP contribution in [0.4, 0.5) is 0 Å². The van der Waals surface area contributed by atoms with E-state index >= 15 is 0 Å². The number of aromatic nitrogens is 2. The molecular weight excluding hydrogens is 580 g/mol. The van der Waals surface area contributed by atoms with Crippen molar-refractivity contribution in [3.8, 4) is 11.5 Å². The van der Waals surface area contributed by atoms with Gasteiger partial charge in [0.1, 0.15) is 5.78 Å². The molecule has 0 saturated heterocycles. The molecule has 248 valence electrons. The fourth-order valence-corrected chi connectivity index (χ4v) is 7.17. The van der Waals surface area contributed by atoms with Crippen molar-refractivity contribution in [2.45, 2.75) is 102 Å². The smallest absolute Gasteiger partial charge is 0.165 e. The monoisotopic (exact) mass is 630 g/mol. The Balaban J connectivity index is 1.29. The molecule has 9 heteroatoms. The maximum Gasteiger partial charge on any atom is 0.165 e. The number of aromatic hydroxyl groups is 1. The molecule has 9 nitrogen and oxygen atoms in total. The molecule has 0 amide bonds. The number of aliphatic hydroxyl groups is 2. The number of carbonyl (C=O) groups is 1. The van der Waals surface area contributed by atoms with E-state index in [0.717, 1.165) is 67.0 Å². The molecule has 0 aliphatic heterocycles. The minimum absolute atomic E-state index is 0.0395. The molecule has 0 spiro atoms. The molecule has 2 heterocycles. The van der Waals surface area contributed by atoms with Gasteiger partial charge in [-0.3, -0.25) is 4.79 Å². The number of hydrogen-bond acceptors (Lipinski definition) is 7. The maximum atomic E-state index is 12.4. The van der Waals surface area contributed by atoms with Crippen LogP contribution in [0, 0.1) is 5.92 Å². The minimum atomic E-state index is -0.578. The van der Waals surface area contributed by atoms with Crippen molar-refractivity contribution in [2.24, 2.45) is 17.4 Å². The van der Waals surface area contributed by atoms with Crippen molar-refractivity contribution in [2.75, 3.05) is 6.61 Å². The van der Waals surface area contributed by atoms with Gasteiger partial charge < -0.3 is 41.1 Å². The molecular formula is C37H50N4O5. The van der Waals surface area contributed by atoms with E-state index < -0.39 is 12.3 Å². The Bertz CT molecular complexity index is 1590. The number of fused-ring (bicyclic) bond motifs is 1. The van der Waals surface area contributed by atoms with Gasteiger partial charge in [0.25, 0.3) is 0 Å². The van der Waals surface area contributed by atoms with Crippen LogP contribution in [0.2, 0.25) is 0 Å². The highest BCUT2D eigenvalue weighted by Gasteiger charge is 2.43. The molecule has 0 unspecified atom stereocenters. The van der Waals surface area contributed by atoms with Gasteiger partial charge in [0.2, 0.25) is 0 Å². The number of nitrogens with two attached hydrogens (primary N) is 2. The first-order valence-electron chi connectivity index (χ1n) is 16.8. The van der Waals surface area contributed by atoms with Gasteiger partial charge >= 0.3 is 0 Å². The minimum Gasteiger partial charge on any atom is -0.504 e. The van der Waals surface area contributed by atoms with Crippen molar-refractivity contribution in [1.29, 1.82) is 0 Å². The summed E-state index contributed by atoms with van der Waals surface area (Å²) < 4.78 is 8.03. The van der Waals surface area contributed by atoms with E-state index in [1.165, 1.54) is 11.1 Å². The number of phenolic OH excluding ortho intramolecular Hbond substituents is 1. The molecule has 1 aliphatic carbocycles. The van der Waals surface area contributed by atoms with Gasteiger partial charge in [0, 0.05) is 48.8 Å². The number of unbranched alkanes of at least 4 members (excludes halogenated alkanes) is 2. The number of ether oxygens (including phenoxy) is 1. The Morgan fingerprint density at radius 2 is 2.02 bits per heavy atom. The number of aliphatic hydroxyl groups excluding tert-OH is 2. The van der Waals surface area contributed by atoms with Gasteiger partial charge in [0.05, 0.1) is 17.8 Å². The first-order chi connectivity index (χ1) is 22.2. The van der Waals surface area contributed by atoms with Crippen molar-refractivity contribution in [1.82, 2.24) is 9.55 Å². The van der Waals surface area contributed by atoms with E-state index in [1.807, 2.05) is 22.9 Å². The largest absolute Gasteiger partial charge is 0.504 e. The topological polar surface area (TPSA) is 160 Å². The third-order valence-corrected chi connectivity index (χ3v) is 9.73. The summed E-state index contributed by atoms with van der Waals surface area (Å²) >= 11 is 0. The molecule has 4 aromatic rings. The lowest BCUT2D eigenvalue weighted by Gasteiger charge is -2.31. The summed E-state index contributed by atoms with van der Waals surface area (Å²) in [4.78, 5) is 15.9. The van der Waals surface area contributed by atoms with E-state index in [9.17, 15) is 20.1 Å². The number of phenols is 1. The molecule has 46 heavy (non-hydrogen) atoms. The number of aromatic amines is 1. The van der Waals surface area contributed by atoms with Gasteiger partial charge in [-0.25, -0.2) is 0 Å². The fraction of sp³-hybridized carbons (Fsp3) is 0.486. The average molecular weight is 631 g/mol. The van der Waals surface area contributed by atoms with Gasteiger partial charge in [0.15, 0.2) is 18.2 Å². The number of nitrogens with one attached hydrogen (secondary N) is 1. The molecule has 2 aromatic carbocycles. The summed E-state index contributed by atoms with van der Waals surface area (Å²) in [6, 6.07) is 13.5. The summed E-state index contributed by atoms with van der Waals surface area (Å²) in [7, 11) is 0. The molecule has 5 rings (SSSR count). The molecule has 3 atom stereocenters. The summed E-state index contributed by atoms with van der Waals surface area (Å²) in [5.41, 5.74) is 17.0. The molecule has 0 bridgehead atoms. The highest BCUT2D eigenvalue weighted by molar-refractivity contribution is 5.85. The predicted octanol–water partition coefficient (Wildman–Crippen LogP) is 5.93. The van der Waals surface area contributed by atoms with Crippen LogP contribution in [-0.2, 0) is 23.4 Å². The predicted molar refractivity (Wildman–Crippen MR) is 180 cm³/mol. The van der Waals surface area contributed by atoms with Gasteiger partial charge in [-0.05, 0) is 78.8 Å². The Hall–Kier alpha value is -3.63. The SMILES string of the molecule is CCCCC[C@@H](O)CC(=O)CCc1ccc(O)c(OCn2cc3[nH]cc([C@]4(c5cccc(C(N)N)c5)CC[C@H](CCO)C4)c3c2)c1. The third-order valence-electron chi connectivity index (χ3n) is 9.73. The van der Waals surface area contributed by atoms with Crippen LogP contribution in [0.25, 0.3) is 10.9 Å². The number of H-pyrrole nitrogens is 1. The Labute approximate surface area is 271 Å². The second-order valence-electron chi connectivity index (χ2n) is 13.1. The van der Waals surface area contributed by atoms with Crippen LogP contribution in [0.1, 0.15) is 99.6 Å². The number of nitrogens with zero attached hydrogens (tertiary/aromatic N) is 1. The second-order valence-corrected chi connectivity index (χ2v) is 13.1. The Morgan fingerprint density at radius 1 is 1.17 bits per heavy atom. The van der Waals surface area contributed by atoms with Gasteiger partial charge in [-0.1, -0.05) is 56.5 Å². The number of hydrogen-bond donors (Lipinski definition) is 6. The molecule has 0 radical (unpaired) electrons. The van der Waals surface area contributed by atoms with E-state index in [4.69, 9.17) is 16.2 Å². The van der Waals surface area contributed by atoms with Gasteiger partial charge in [-0.15, -0.1) is 0 Å². The third kappa shape index (κ3) is 7.83. The van der Waals surface area contributed by atoms with Gasteiger partial charge in [-0.2, -0.15) is 0 Å². The number of rotatable bonds is 17. The molecule has 2 aromatic heterocycles. The summed E-state index contributed by atoms with van der Waals surface area (Å²) in [6.07, 6.45) is 13.5. The van der Waals surface area contributed by atoms with Crippen LogP contribution < -0.4 is 16.2 Å². The lowest BCUT2D eigenvalue weighted by Crippen LogP contribution is -2.26. The number of ketones is 1. The fourth-order valence-electron chi connectivity index (χ4n) is 7.17. The zero-order chi connectivity index (χ0) is 32.7. The summed E-state index contributed by atoms with van der Waals surface area (Å²) in [6.45, 7) is 2.49. The Morgan fingerprint density at radius 3 is 2.80 bits per heavy atom. The van der Waals surface area contributed by atoms with Crippen molar-refractivity contribution >= 4 is 16.7 Å². The van der Waals surface area contributed by atoms with Crippen LogP contribution >= 0.6 is 0 Å². The second kappa shape index (κ2) is 15.3. The Kier molecular flexibility index (Phi) is 11.2. The van der Waals surface area contributed by atoms with Crippen LogP contribution in [-0.4, -0.2) is 43.4 Å². The van der Waals surface area contributed by atoms with Crippen molar-refractivity contribution < 1.29 is 24.9 Å². The summed E-state index contributed by atoms with van der Waals surface area (Å²) in [5, 5.41) is 31.5. The number of carbonyl (C=O) groups excluding carboxylic acids is 1. The van der Waals surface area contributed by atoms with Crippen LogP contribution in [0.3, 0.4) is 0 Å². The lowest BCUT2D eigenvalue weighted by atomic mass is 9.72. The summed E-state index contributed by atoms with van der Waals surface area (Å²) in [5.74, 6) is 0.851. The van der Waals surface area contributed by atoms with E-state index in [0.29, 0.717) is 30.9 Å². The first-order valence-corrected chi connectivity index (χ1v) is 16.8. The molecule has 1 aliphatic rings. The molecule has 1 saturated carbocycles. The van der Waals surface area contributed by atoms with Crippen molar-refractivity contribution in [3.05, 3.63) is 83.3 Å². The highest BCUT2D eigenvalue weighted by Crippen LogP contribution is 2.52. The lowest BCUT2D eigenvalue weighted by molar-refractivity contribution is -0.121. The van der Waals surface area contributed by atoms with E-state index in [1.54, 1.807) is 18.2 Å². The standard InChI is InChI=1S/C37H50N4O5/c1-2-3-4-8-29(43)19-30(44)11-9-25-10-12-34(45)35(17-25)46-24-41-22-31-32(21-40-33(31)23-41)37(15-13-26(20-37)14-16-42)28-7-5-6-27(18-28)36(38)39/h5-7,10,12,17-18,21-23,26,29,36,40,42-43,45H,2-4,8-9,11,13-16,19-20,24,38-39H2,1H3/t26-,29-,37-/m1/s1. The zero-order valence-electron chi connectivity index (χ0n) is 27.0. The van der Waals surface area contributed by atoms with Crippen molar-refractivity contribution in [3.63, 3.8) is 0 Å². The quantitative estimate of drug-likeness (QED) is 0.0623. The van der Waals surface area contributed by atoms with Crippen LogP contribution in [0.5, 0.6) is 11.5 Å². The highest BCUT2D eigenvalue weighted by atomic mass is 16.5. The maximum absolute atomic E-state index is 12.4. The number of Topliss-reactive ketones (excluding diaryl/α,β-unsaturated/α-hetero) is 1.